The van der Waals surface area contributed by atoms with Crippen LogP contribution in [0.4, 0.5) is 0 Å². The van der Waals surface area contributed by atoms with E-state index in [1.807, 2.05) is 0 Å². The number of hydrogen-bond donors (Lipinski definition) is 2. The second-order valence-corrected chi connectivity index (χ2v) is 3.94. The minimum absolute atomic E-state index is 0. The Morgan fingerprint density at radius 3 is 2.08 bits per heavy atom. The largest absolute Gasteiger partial charge is 1.00 e. The topological polar surface area (TPSA) is 57.5 Å². The molecule has 1 aromatic rings. The molecule has 1 rings (SSSR count). The molecule has 3 nitrogen and oxygen atoms in total. The molecular weight excluding hydrogens is 198 g/mol. The summed E-state index contributed by atoms with van der Waals surface area (Å²) in [7, 11) is -4.08. The Bertz CT molecular complexity index is 333. The fourth-order valence-electron chi connectivity index (χ4n) is 0.805. The number of rotatable bonds is 2. The maximum Gasteiger partial charge on any atom is 1.00 e. The first kappa shape index (κ1) is 13.1. The van der Waals surface area contributed by atoms with Crippen LogP contribution in [-0.4, -0.2) is 9.79 Å². The molecule has 0 heterocycles. The fourth-order valence-corrected chi connectivity index (χ4v) is 1.34. The van der Waals surface area contributed by atoms with Crippen LogP contribution in [0.1, 0.15) is 6.99 Å². The van der Waals surface area contributed by atoms with E-state index in [2.05, 4.69) is 6.58 Å². The normalized spacial score (nSPS) is 10.3. The quantitative estimate of drug-likeness (QED) is 0.447. The smallest absolute Gasteiger partial charge is 1.00 e. The Balaban J connectivity index is 0. The standard InChI is InChI=1S/C8H9O3P.Na.H/c1-2-7-3-5-8(6-4-7)12(9,10)11;;/h2-6H,1H2,(H2,9,10,11);;/q;+1;-1. The van der Waals surface area contributed by atoms with Crippen molar-refractivity contribution in [2.24, 2.45) is 0 Å². The summed E-state index contributed by atoms with van der Waals surface area (Å²) < 4.78 is 10.7. The zero-order valence-corrected chi connectivity index (χ0v) is 10.2. The monoisotopic (exact) mass is 208 g/mol. The van der Waals surface area contributed by atoms with Gasteiger partial charge in [0.2, 0.25) is 0 Å². The first-order valence-electron chi connectivity index (χ1n) is 3.32. The van der Waals surface area contributed by atoms with Crippen LogP contribution < -0.4 is 34.9 Å². The molecule has 13 heavy (non-hydrogen) atoms. The van der Waals surface area contributed by atoms with Crippen LogP contribution >= 0.6 is 7.60 Å². The molecule has 0 aliphatic rings. The third kappa shape index (κ3) is 3.77. The second kappa shape index (κ2) is 5.11. The summed E-state index contributed by atoms with van der Waals surface area (Å²) in [6.45, 7) is 3.53. The summed E-state index contributed by atoms with van der Waals surface area (Å²) in [6, 6.07) is 6.03. The van der Waals surface area contributed by atoms with Gasteiger partial charge in [0.1, 0.15) is 0 Å². The molecule has 66 valence electrons. The van der Waals surface area contributed by atoms with Crippen molar-refractivity contribution in [1.29, 1.82) is 0 Å². The van der Waals surface area contributed by atoms with Gasteiger partial charge >= 0.3 is 37.2 Å². The van der Waals surface area contributed by atoms with Crippen molar-refractivity contribution in [2.45, 2.75) is 0 Å². The molecule has 0 atom stereocenters. The van der Waals surface area contributed by atoms with E-state index in [4.69, 9.17) is 9.79 Å². The van der Waals surface area contributed by atoms with Crippen molar-refractivity contribution < 1.29 is 45.3 Å². The fraction of sp³-hybridized carbons (Fsp3) is 0. The number of benzene rings is 1. The summed E-state index contributed by atoms with van der Waals surface area (Å²) in [5.74, 6) is 0. The van der Waals surface area contributed by atoms with E-state index in [9.17, 15) is 4.57 Å². The van der Waals surface area contributed by atoms with E-state index >= 15 is 0 Å². The predicted octanol–water partition coefficient (Wildman–Crippen LogP) is -1.75. The van der Waals surface area contributed by atoms with Gasteiger partial charge < -0.3 is 11.2 Å². The molecule has 5 heteroatoms. The van der Waals surface area contributed by atoms with Gasteiger partial charge in [0, 0.05) is 0 Å². The van der Waals surface area contributed by atoms with E-state index in [1.54, 1.807) is 18.2 Å². The van der Waals surface area contributed by atoms with Crippen LogP contribution in [-0.2, 0) is 4.57 Å². The van der Waals surface area contributed by atoms with Crippen molar-refractivity contribution in [3.05, 3.63) is 36.4 Å². The van der Waals surface area contributed by atoms with Crippen LogP contribution in [0.25, 0.3) is 6.08 Å². The zero-order valence-electron chi connectivity index (χ0n) is 8.34. The Morgan fingerprint density at radius 2 is 1.77 bits per heavy atom. The van der Waals surface area contributed by atoms with E-state index < -0.39 is 7.60 Å². The van der Waals surface area contributed by atoms with Crippen LogP contribution in [0.5, 0.6) is 0 Å². The Kier molecular flexibility index (Phi) is 5.15. The summed E-state index contributed by atoms with van der Waals surface area (Å²) in [5.41, 5.74) is 0.840. The average Bonchev–Trinajstić information content (AvgIpc) is 2.03. The van der Waals surface area contributed by atoms with Crippen molar-refractivity contribution in [3.63, 3.8) is 0 Å². The zero-order chi connectivity index (χ0) is 9.19. The first-order chi connectivity index (χ1) is 5.54. The SMILES string of the molecule is C=Cc1ccc(P(=O)(O)O)cc1.[H-].[Na+]. The summed E-state index contributed by atoms with van der Waals surface area (Å²) in [6.07, 6.45) is 1.61. The first-order valence-corrected chi connectivity index (χ1v) is 4.94. The van der Waals surface area contributed by atoms with Crippen molar-refractivity contribution >= 4 is 19.0 Å². The molecule has 0 saturated heterocycles. The minimum Gasteiger partial charge on any atom is -1.00 e. The van der Waals surface area contributed by atoms with Gasteiger partial charge in [-0.15, -0.1) is 0 Å². The number of hydrogen-bond acceptors (Lipinski definition) is 1. The van der Waals surface area contributed by atoms with Crippen LogP contribution in [0.3, 0.4) is 0 Å². The molecule has 0 radical (unpaired) electrons. The van der Waals surface area contributed by atoms with E-state index in [0.717, 1.165) is 5.56 Å². The molecule has 0 aromatic heterocycles. The molecule has 0 saturated carbocycles. The molecule has 0 aliphatic carbocycles. The Labute approximate surface area is 100 Å². The summed E-state index contributed by atoms with van der Waals surface area (Å²) in [5, 5.41) is 0.0353. The van der Waals surface area contributed by atoms with Crippen LogP contribution in [0.15, 0.2) is 30.8 Å². The molecular formula is C8H10NaO3P. The molecule has 0 spiro atoms. The van der Waals surface area contributed by atoms with Gasteiger partial charge in [-0.3, -0.25) is 4.57 Å². The maximum atomic E-state index is 10.7. The van der Waals surface area contributed by atoms with Gasteiger partial charge in [-0.1, -0.05) is 24.8 Å². The summed E-state index contributed by atoms with van der Waals surface area (Å²) >= 11 is 0. The van der Waals surface area contributed by atoms with Gasteiger partial charge in [-0.2, -0.15) is 0 Å². The minimum atomic E-state index is -4.08. The third-order valence-electron chi connectivity index (χ3n) is 1.47. The molecule has 1 aromatic carbocycles. The third-order valence-corrected chi connectivity index (χ3v) is 2.44. The van der Waals surface area contributed by atoms with E-state index in [0.29, 0.717) is 0 Å². The van der Waals surface area contributed by atoms with E-state index in [1.165, 1.54) is 12.1 Å². The van der Waals surface area contributed by atoms with Crippen LogP contribution in [0.2, 0.25) is 0 Å². The van der Waals surface area contributed by atoms with Crippen molar-refractivity contribution in [1.82, 2.24) is 0 Å². The van der Waals surface area contributed by atoms with Gasteiger partial charge in [-0.25, -0.2) is 0 Å². The molecule has 0 amide bonds. The van der Waals surface area contributed by atoms with Gasteiger partial charge in [-0.05, 0) is 17.7 Å². The maximum absolute atomic E-state index is 10.7. The van der Waals surface area contributed by atoms with E-state index in [-0.39, 0.29) is 36.3 Å². The molecule has 0 bridgehead atoms. The van der Waals surface area contributed by atoms with Gasteiger partial charge in [0.15, 0.2) is 0 Å². The van der Waals surface area contributed by atoms with Gasteiger partial charge in [0.25, 0.3) is 0 Å². The Morgan fingerprint density at radius 1 is 1.31 bits per heavy atom. The van der Waals surface area contributed by atoms with Crippen molar-refractivity contribution in [3.8, 4) is 0 Å². The van der Waals surface area contributed by atoms with Crippen LogP contribution in [0, 0.1) is 0 Å². The van der Waals surface area contributed by atoms with Crippen molar-refractivity contribution in [2.75, 3.05) is 0 Å². The molecule has 0 aliphatic heterocycles. The molecule has 0 unspecified atom stereocenters. The Hall–Kier alpha value is 0.110. The summed E-state index contributed by atoms with van der Waals surface area (Å²) in [4.78, 5) is 17.5. The van der Waals surface area contributed by atoms with Gasteiger partial charge in [0.05, 0.1) is 5.30 Å². The predicted molar refractivity (Wildman–Crippen MR) is 49.3 cm³/mol. The second-order valence-electron chi connectivity index (χ2n) is 2.34. The molecule has 2 N–H and O–H groups in total. The molecule has 0 fully saturated rings. The average molecular weight is 208 g/mol.